The van der Waals surface area contributed by atoms with E-state index in [1.165, 1.54) is 23.1 Å². The zero-order valence-electron chi connectivity index (χ0n) is 16.2. The first-order valence-electron chi connectivity index (χ1n) is 9.20. The number of allylic oxidation sites excluding steroid dienone is 5. The third-order valence-electron chi connectivity index (χ3n) is 5.64. The second-order valence-electron chi connectivity index (χ2n) is 7.73. The van der Waals surface area contributed by atoms with Crippen molar-refractivity contribution in [1.82, 2.24) is 4.90 Å². The second kappa shape index (κ2) is 7.88. The first-order chi connectivity index (χ1) is 11.3. The molecule has 0 radical (unpaired) electrons. The highest BCUT2D eigenvalue weighted by Crippen LogP contribution is 2.37. The Morgan fingerprint density at radius 3 is 2.46 bits per heavy atom. The van der Waals surface area contributed by atoms with Gasteiger partial charge in [-0.1, -0.05) is 68.8 Å². The van der Waals surface area contributed by atoms with Crippen LogP contribution in [0, 0.1) is 12.8 Å². The third kappa shape index (κ3) is 4.41. The molecule has 0 fully saturated rings. The van der Waals surface area contributed by atoms with Gasteiger partial charge in [0.15, 0.2) is 0 Å². The van der Waals surface area contributed by atoms with Gasteiger partial charge in [-0.15, -0.1) is 0 Å². The second-order valence-corrected chi connectivity index (χ2v) is 7.73. The molecule has 24 heavy (non-hydrogen) atoms. The Labute approximate surface area is 148 Å². The highest BCUT2D eigenvalue weighted by atomic mass is 15.1. The number of rotatable bonds is 6. The summed E-state index contributed by atoms with van der Waals surface area (Å²) in [5.41, 5.74) is 4.22. The third-order valence-corrected chi connectivity index (χ3v) is 5.64. The van der Waals surface area contributed by atoms with Gasteiger partial charge < -0.3 is 4.90 Å². The van der Waals surface area contributed by atoms with Crippen molar-refractivity contribution in [2.45, 2.75) is 58.9 Å². The zero-order valence-corrected chi connectivity index (χ0v) is 16.2. The maximum atomic E-state index is 2.39. The molecule has 0 saturated carbocycles. The average molecular weight is 324 g/mol. The standard InChI is InChI=1S/C23H33N/c1-7-19(3)24(6)17-16-20-10-14-22(15-11-20)23(4,5)21-12-8-18(2)9-13-21/h8-14,16-17,19,22H,7,15H2,1-6H3/b17-16-. The highest BCUT2D eigenvalue weighted by Gasteiger charge is 2.29. The minimum absolute atomic E-state index is 0.156. The SMILES string of the molecule is CCC(C)N(C)/C=C\C1=CCC(C(C)(C)c2ccc(C)cc2)C=C1. The molecule has 1 aromatic carbocycles. The van der Waals surface area contributed by atoms with Crippen LogP contribution >= 0.6 is 0 Å². The van der Waals surface area contributed by atoms with E-state index in [-0.39, 0.29) is 5.41 Å². The Hall–Kier alpha value is -1.76. The first kappa shape index (κ1) is 18.6. The van der Waals surface area contributed by atoms with Gasteiger partial charge in [0.1, 0.15) is 0 Å². The Kier molecular flexibility index (Phi) is 6.10. The summed E-state index contributed by atoms with van der Waals surface area (Å²) in [6.07, 6.45) is 13.8. The van der Waals surface area contributed by atoms with Crippen molar-refractivity contribution in [3.8, 4) is 0 Å². The molecule has 0 spiro atoms. The quantitative estimate of drug-likeness (QED) is 0.619. The smallest absolute Gasteiger partial charge is 0.0250 e. The van der Waals surface area contributed by atoms with E-state index in [2.05, 4.69) is 101 Å². The van der Waals surface area contributed by atoms with Crippen LogP contribution in [0.25, 0.3) is 0 Å². The molecule has 1 heteroatoms. The van der Waals surface area contributed by atoms with Crippen molar-refractivity contribution >= 4 is 0 Å². The topological polar surface area (TPSA) is 3.24 Å². The van der Waals surface area contributed by atoms with Crippen molar-refractivity contribution in [3.63, 3.8) is 0 Å². The van der Waals surface area contributed by atoms with Crippen LogP contribution < -0.4 is 0 Å². The first-order valence-corrected chi connectivity index (χ1v) is 9.20. The van der Waals surface area contributed by atoms with Crippen LogP contribution in [0.3, 0.4) is 0 Å². The van der Waals surface area contributed by atoms with Gasteiger partial charge in [-0.05, 0) is 61.4 Å². The molecule has 0 heterocycles. The number of benzene rings is 1. The van der Waals surface area contributed by atoms with Crippen LogP contribution in [0.2, 0.25) is 0 Å². The Bertz CT molecular complexity index is 616. The van der Waals surface area contributed by atoms with Gasteiger partial charge in [-0.2, -0.15) is 0 Å². The lowest BCUT2D eigenvalue weighted by molar-refractivity contribution is 0.343. The monoisotopic (exact) mass is 323 g/mol. The molecule has 1 aliphatic carbocycles. The van der Waals surface area contributed by atoms with Gasteiger partial charge in [0, 0.05) is 13.1 Å². The van der Waals surface area contributed by atoms with E-state index in [1.54, 1.807) is 0 Å². The fraction of sp³-hybridized carbons (Fsp3) is 0.478. The Balaban J connectivity index is 2.03. The summed E-state index contributed by atoms with van der Waals surface area (Å²) in [6.45, 7) is 11.4. The number of hydrogen-bond donors (Lipinski definition) is 0. The predicted molar refractivity (Wildman–Crippen MR) is 106 cm³/mol. The van der Waals surface area contributed by atoms with E-state index in [0.717, 1.165) is 6.42 Å². The molecule has 2 atom stereocenters. The van der Waals surface area contributed by atoms with E-state index in [0.29, 0.717) is 12.0 Å². The van der Waals surface area contributed by atoms with Gasteiger partial charge in [0.25, 0.3) is 0 Å². The fourth-order valence-corrected chi connectivity index (χ4v) is 3.13. The molecule has 0 aliphatic heterocycles. The van der Waals surface area contributed by atoms with E-state index < -0.39 is 0 Å². The summed E-state index contributed by atoms with van der Waals surface area (Å²) in [4.78, 5) is 2.29. The van der Waals surface area contributed by atoms with Crippen molar-refractivity contribution in [1.29, 1.82) is 0 Å². The Morgan fingerprint density at radius 2 is 1.92 bits per heavy atom. The predicted octanol–water partition coefficient (Wildman–Crippen LogP) is 6.02. The van der Waals surface area contributed by atoms with E-state index in [9.17, 15) is 0 Å². The molecule has 130 valence electrons. The fourth-order valence-electron chi connectivity index (χ4n) is 3.13. The maximum absolute atomic E-state index is 2.39. The summed E-state index contributed by atoms with van der Waals surface area (Å²) in [6, 6.07) is 9.59. The molecular weight excluding hydrogens is 290 g/mol. The minimum Gasteiger partial charge on any atom is -0.378 e. The summed E-state index contributed by atoms with van der Waals surface area (Å²) in [7, 11) is 2.15. The van der Waals surface area contributed by atoms with Crippen LogP contribution in [0.5, 0.6) is 0 Å². The van der Waals surface area contributed by atoms with Crippen LogP contribution in [0.1, 0.15) is 51.7 Å². The average Bonchev–Trinajstić information content (AvgIpc) is 2.59. The summed E-state index contributed by atoms with van der Waals surface area (Å²) < 4.78 is 0. The normalized spacial score (nSPS) is 19.4. The van der Waals surface area contributed by atoms with Crippen molar-refractivity contribution in [2.24, 2.45) is 5.92 Å². The molecule has 2 unspecified atom stereocenters. The molecule has 0 saturated heterocycles. The number of hydrogen-bond acceptors (Lipinski definition) is 1. The molecule has 0 N–H and O–H groups in total. The van der Waals surface area contributed by atoms with Crippen LogP contribution in [-0.4, -0.2) is 18.0 Å². The summed E-state index contributed by atoms with van der Waals surface area (Å²) in [5, 5.41) is 0. The minimum atomic E-state index is 0.156. The van der Waals surface area contributed by atoms with Gasteiger partial charge in [0.2, 0.25) is 0 Å². The van der Waals surface area contributed by atoms with Gasteiger partial charge >= 0.3 is 0 Å². The summed E-state index contributed by atoms with van der Waals surface area (Å²) in [5.74, 6) is 0.546. The van der Waals surface area contributed by atoms with Gasteiger partial charge in [0.05, 0.1) is 0 Å². The highest BCUT2D eigenvalue weighted by molar-refractivity contribution is 5.37. The lowest BCUT2D eigenvalue weighted by Gasteiger charge is -2.34. The zero-order chi connectivity index (χ0) is 17.7. The van der Waals surface area contributed by atoms with Crippen LogP contribution in [0.15, 0.2) is 60.3 Å². The maximum Gasteiger partial charge on any atom is 0.0250 e. The molecule has 0 amide bonds. The van der Waals surface area contributed by atoms with E-state index in [4.69, 9.17) is 0 Å². The largest absolute Gasteiger partial charge is 0.378 e. The molecule has 0 aromatic heterocycles. The van der Waals surface area contributed by atoms with Crippen molar-refractivity contribution < 1.29 is 0 Å². The van der Waals surface area contributed by atoms with Crippen LogP contribution in [-0.2, 0) is 5.41 Å². The van der Waals surface area contributed by atoms with E-state index in [1.807, 2.05) is 0 Å². The molecule has 0 bridgehead atoms. The van der Waals surface area contributed by atoms with Crippen molar-refractivity contribution in [2.75, 3.05) is 7.05 Å². The van der Waals surface area contributed by atoms with E-state index >= 15 is 0 Å². The molecule has 2 rings (SSSR count). The molecular formula is C23H33N. The summed E-state index contributed by atoms with van der Waals surface area (Å²) >= 11 is 0. The number of nitrogens with zero attached hydrogens (tertiary/aromatic N) is 1. The lowest BCUT2D eigenvalue weighted by atomic mass is 9.70. The molecule has 1 nitrogen and oxygen atoms in total. The lowest BCUT2D eigenvalue weighted by Crippen LogP contribution is -2.28. The number of aryl methyl sites for hydroxylation is 1. The molecule has 1 aromatic rings. The van der Waals surface area contributed by atoms with Gasteiger partial charge in [-0.3, -0.25) is 0 Å². The molecule has 1 aliphatic rings. The van der Waals surface area contributed by atoms with Crippen LogP contribution in [0.4, 0.5) is 0 Å². The van der Waals surface area contributed by atoms with Crippen molar-refractivity contribution in [3.05, 3.63) is 71.5 Å². The Morgan fingerprint density at radius 1 is 1.25 bits per heavy atom. The van der Waals surface area contributed by atoms with Gasteiger partial charge in [-0.25, -0.2) is 0 Å².